The number of hydrogen-bond donors (Lipinski definition) is 0. The van der Waals surface area contributed by atoms with Gasteiger partial charge in [-0.05, 0) is 36.4 Å². The van der Waals surface area contributed by atoms with Crippen molar-refractivity contribution in [1.29, 1.82) is 0 Å². The second-order valence-electron chi connectivity index (χ2n) is 4.40. The van der Waals surface area contributed by atoms with E-state index >= 15 is 0 Å². The Hall–Kier alpha value is -2.74. The largest absolute Gasteiger partial charge is 0.453 e. The van der Waals surface area contributed by atoms with Gasteiger partial charge in [0, 0.05) is 5.69 Å². The SMILES string of the molecule is C=CC1=C(C=C)N(c2ccccc2)c2ccccc2O1. The standard InChI is InChI=1S/C18H15NO/c1-3-15-17(4-2)20-18-13-9-8-12-16(18)19(15)14-10-6-5-7-11-14/h3-13H,1-2H2. The fourth-order valence-electron chi connectivity index (χ4n) is 2.33. The average molecular weight is 261 g/mol. The van der Waals surface area contributed by atoms with Crippen LogP contribution < -0.4 is 9.64 Å². The number of hydrogen-bond acceptors (Lipinski definition) is 2. The topological polar surface area (TPSA) is 12.5 Å². The van der Waals surface area contributed by atoms with Crippen molar-refractivity contribution in [3.8, 4) is 5.75 Å². The van der Waals surface area contributed by atoms with Crippen molar-refractivity contribution in [3.63, 3.8) is 0 Å². The molecule has 0 bridgehead atoms. The van der Waals surface area contributed by atoms with E-state index in [1.54, 1.807) is 12.2 Å². The number of fused-ring (bicyclic) bond motifs is 1. The number of allylic oxidation sites excluding steroid dienone is 2. The molecule has 20 heavy (non-hydrogen) atoms. The van der Waals surface area contributed by atoms with Gasteiger partial charge in [-0.2, -0.15) is 0 Å². The number of ether oxygens (including phenoxy) is 1. The van der Waals surface area contributed by atoms with Gasteiger partial charge in [0.05, 0.1) is 11.4 Å². The van der Waals surface area contributed by atoms with Gasteiger partial charge < -0.3 is 9.64 Å². The van der Waals surface area contributed by atoms with Gasteiger partial charge in [-0.3, -0.25) is 0 Å². The molecule has 0 amide bonds. The first-order valence-electron chi connectivity index (χ1n) is 6.46. The highest BCUT2D eigenvalue weighted by molar-refractivity contribution is 5.77. The van der Waals surface area contributed by atoms with E-state index in [1.807, 2.05) is 42.5 Å². The molecule has 0 N–H and O–H groups in total. The van der Waals surface area contributed by atoms with E-state index in [0.29, 0.717) is 5.76 Å². The lowest BCUT2D eigenvalue weighted by molar-refractivity contribution is 0.431. The molecule has 0 aromatic heterocycles. The van der Waals surface area contributed by atoms with Gasteiger partial charge in [-0.25, -0.2) is 0 Å². The lowest BCUT2D eigenvalue weighted by Crippen LogP contribution is -2.22. The molecule has 2 aromatic rings. The summed E-state index contributed by atoms with van der Waals surface area (Å²) in [6, 6.07) is 18.1. The van der Waals surface area contributed by atoms with Crippen LogP contribution in [-0.4, -0.2) is 0 Å². The predicted octanol–water partition coefficient (Wildman–Crippen LogP) is 4.80. The molecule has 2 nitrogen and oxygen atoms in total. The number of para-hydroxylation sites is 3. The Morgan fingerprint density at radius 3 is 2.25 bits per heavy atom. The van der Waals surface area contributed by atoms with E-state index in [-0.39, 0.29) is 0 Å². The third-order valence-electron chi connectivity index (χ3n) is 3.21. The molecule has 2 aromatic carbocycles. The second-order valence-corrected chi connectivity index (χ2v) is 4.40. The average Bonchev–Trinajstić information content (AvgIpc) is 2.53. The van der Waals surface area contributed by atoms with Crippen molar-refractivity contribution in [2.75, 3.05) is 4.90 Å². The second kappa shape index (κ2) is 5.10. The highest BCUT2D eigenvalue weighted by atomic mass is 16.5. The maximum Gasteiger partial charge on any atom is 0.151 e. The van der Waals surface area contributed by atoms with Gasteiger partial charge in [0.25, 0.3) is 0 Å². The van der Waals surface area contributed by atoms with E-state index in [0.717, 1.165) is 22.8 Å². The first kappa shape index (κ1) is 12.3. The van der Waals surface area contributed by atoms with Crippen LogP contribution in [0.15, 0.2) is 91.4 Å². The highest BCUT2D eigenvalue weighted by Gasteiger charge is 2.24. The summed E-state index contributed by atoms with van der Waals surface area (Å²) in [6.45, 7) is 7.73. The zero-order valence-electron chi connectivity index (χ0n) is 11.1. The molecule has 0 spiro atoms. The van der Waals surface area contributed by atoms with Crippen LogP contribution in [0.2, 0.25) is 0 Å². The molecule has 98 valence electrons. The summed E-state index contributed by atoms with van der Waals surface area (Å²) < 4.78 is 5.88. The lowest BCUT2D eigenvalue weighted by Gasteiger charge is -2.33. The van der Waals surface area contributed by atoms with Crippen LogP contribution >= 0.6 is 0 Å². The first-order valence-corrected chi connectivity index (χ1v) is 6.46. The maximum absolute atomic E-state index is 5.88. The lowest BCUT2D eigenvalue weighted by atomic mass is 10.1. The summed E-state index contributed by atoms with van der Waals surface area (Å²) in [4.78, 5) is 2.13. The summed E-state index contributed by atoms with van der Waals surface area (Å²) in [6.07, 6.45) is 3.50. The van der Waals surface area contributed by atoms with Crippen molar-refractivity contribution >= 4 is 11.4 Å². The molecule has 1 aliphatic rings. The molecule has 1 heterocycles. The highest BCUT2D eigenvalue weighted by Crippen LogP contribution is 2.42. The van der Waals surface area contributed by atoms with Crippen LogP contribution in [-0.2, 0) is 0 Å². The van der Waals surface area contributed by atoms with Crippen LogP contribution in [0.4, 0.5) is 11.4 Å². The van der Waals surface area contributed by atoms with E-state index in [9.17, 15) is 0 Å². The molecule has 0 saturated heterocycles. The zero-order valence-corrected chi connectivity index (χ0v) is 11.1. The maximum atomic E-state index is 5.88. The van der Waals surface area contributed by atoms with Crippen molar-refractivity contribution in [1.82, 2.24) is 0 Å². The summed E-state index contributed by atoms with van der Waals surface area (Å²) >= 11 is 0. The molecule has 1 aliphatic heterocycles. The van der Waals surface area contributed by atoms with E-state index in [4.69, 9.17) is 4.74 Å². The Morgan fingerprint density at radius 1 is 0.850 bits per heavy atom. The minimum Gasteiger partial charge on any atom is -0.453 e. The Kier molecular flexibility index (Phi) is 3.13. The molecule has 2 heteroatoms. The predicted molar refractivity (Wildman–Crippen MR) is 83.1 cm³/mol. The fraction of sp³-hybridized carbons (Fsp3) is 0. The Bertz CT molecular complexity index is 686. The van der Waals surface area contributed by atoms with Crippen molar-refractivity contribution in [3.05, 3.63) is 91.4 Å². The first-order chi connectivity index (χ1) is 9.85. The zero-order chi connectivity index (χ0) is 13.9. The number of anilines is 2. The minimum absolute atomic E-state index is 0.711. The summed E-state index contributed by atoms with van der Waals surface area (Å²) in [5, 5.41) is 0. The van der Waals surface area contributed by atoms with Gasteiger partial charge in [0.1, 0.15) is 0 Å². The summed E-state index contributed by atoms with van der Waals surface area (Å²) in [5.74, 6) is 1.53. The van der Waals surface area contributed by atoms with Crippen LogP contribution in [0, 0.1) is 0 Å². The molecule has 0 radical (unpaired) electrons. The minimum atomic E-state index is 0.711. The number of benzene rings is 2. The monoisotopic (exact) mass is 261 g/mol. The van der Waals surface area contributed by atoms with E-state index in [1.165, 1.54) is 0 Å². The smallest absolute Gasteiger partial charge is 0.151 e. The summed E-state index contributed by atoms with van der Waals surface area (Å²) in [5.41, 5.74) is 2.96. The molecule has 0 fully saturated rings. The van der Waals surface area contributed by atoms with Crippen LogP contribution in [0.1, 0.15) is 0 Å². The van der Waals surface area contributed by atoms with E-state index in [2.05, 4.69) is 30.2 Å². The van der Waals surface area contributed by atoms with Crippen LogP contribution in [0.25, 0.3) is 0 Å². The molecular weight excluding hydrogens is 246 g/mol. The number of rotatable bonds is 3. The summed E-state index contributed by atoms with van der Waals surface area (Å²) in [7, 11) is 0. The third-order valence-corrected chi connectivity index (χ3v) is 3.21. The molecule has 0 unspecified atom stereocenters. The number of nitrogens with zero attached hydrogens (tertiary/aromatic N) is 1. The van der Waals surface area contributed by atoms with Gasteiger partial charge in [0.15, 0.2) is 11.5 Å². The van der Waals surface area contributed by atoms with Gasteiger partial charge in [-0.15, -0.1) is 0 Å². The van der Waals surface area contributed by atoms with Gasteiger partial charge in [0.2, 0.25) is 0 Å². The Morgan fingerprint density at radius 2 is 1.55 bits per heavy atom. The van der Waals surface area contributed by atoms with E-state index < -0.39 is 0 Å². The van der Waals surface area contributed by atoms with Gasteiger partial charge in [-0.1, -0.05) is 43.5 Å². The van der Waals surface area contributed by atoms with Crippen LogP contribution in [0.5, 0.6) is 5.75 Å². The fourth-order valence-corrected chi connectivity index (χ4v) is 2.33. The molecule has 0 saturated carbocycles. The van der Waals surface area contributed by atoms with Crippen molar-refractivity contribution in [2.24, 2.45) is 0 Å². The molecule has 0 aliphatic carbocycles. The van der Waals surface area contributed by atoms with Gasteiger partial charge >= 0.3 is 0 Å². The quantitative estimate of drug-likeness (QED) is 0.786. The Labute approximate surface area is 118 Å². The third kappa shape index (κ3) is 1.91. The normalized spacial score (nSPS) is 13.5. The Balaban J connectivity index is 2.24. The molecular formula is C18H15NO. The van der Waals surface area contributed by atoms with Crippen LogP contribution in [0.3, 0.4) is 0 Å². The molecule has 0 atom stereocenters. The van der Waals surface area contributed by atoms with Crippen molar-refractivity contribution < 1.29 is 4.74 Å². The van der Waals surface area contributed by atoms with Crippen molar-refractivity contribution in [2.45, 2.75) is 0 Å². The molecule has 3 rings (SSSR count).